The molecule has 1 atom stereocenters. The van der Waals surface area contributed by atoms with Crippen LogP contribution in [0.3, 0.4) is 0 Å². The molecule has 0 radical (unpaired) electrons. The lowest BCUT2D eigenvalue weighted by Gasteiger charge is -2.32. The summed E-state index contributed by atoms with van der Waals surface area (Å²) in [5, 5.41) is 0. The predicted octanol–water partition coefficient (Wildman–Crippen LogP) is 3.45. The van der Waals surface area contributed by atoms with Crippen molar-refractivity contribution in [3.8, 4) is 5.75 Å². The van der Waals surface area contributed by atoms with E-state index in [4.69, 9.17) is 14.0 Å². The molecule has 0 amide bonds. The van der Waals surface area contributed by atoms with Crippen LogP contribution in [0.25, 0.3) is 0 Å². The second kappa shape index (κ2) is 5.36. The molecule has 1 aliphatic heterocycles. The first-order valence-corrected chi connectivity index (χ1v) is 7.77. The molecule has 110 valence electrons. The van der Waals surface area contributed by atoms with Crippen LogP contribution in [0.2, 0.25) is 0 Å². The summed E-state index contributed by atoms with van der Waals surface area (Å²) in [7, 11) is 1.33. The lowest BCUT2D eigenvalue weighted by molar-refractivity contribution is 0.00578. The summed E-state index contributed by atoms with van der Waals surface area (Å²) in [6, 6.07) is 5.99. The standard InChI is InChI=1S/C15H22BBrO3/c1-10(17)12-9-11(18-6)7-8-13(12)16-19-14(2,3)15(4,5)20-16/h7-10H,1-6H3. The topological polar surface area (TPSA) is 27.7 Å². The van der Waals surface area contributed by atoms with E-state index < -0.39 is 0 Å². The molecule has 2 rings (SSSR count). The zero-order chi connectivity index (χ0) is 15.1. The summed E-state index contributed by atoms with van der Waals surface area (Å²) >= 11 is 3.63. The van der Waals surface area contributed by atoms with E-state index in [0.29, 0.717) is 0 Å². The highest BCUT2D eigenvalue weighted by Gasteiger charge is 2.52. The van der Waals surface area contributed by atoms with Gasteiger partial charge in [0, 0.05) is 4.83 Å². The van der Waals surface area contributed by atoms with E-state index in [1.807, 2.05) is 18.2 Å². The van der Waals surface area contributed by atoms with E-state index in [-0.39, 0.29) is 23.1 Å². The van der Waals surface area contributed by atoms with Crippen LogP contribution in [0.5, 0.6) is 5.75 Å². The fourth-order valence-electron chi connectivity index (χ4n) is 2.21. The second-order valence-electron chi connectivity index (χ2n) is 6.20. The van der Waals surface area contributed by atoms with Crippen LogP contribution in [0.1, 0.15) is 45.0 Å². The van der Waals surface area contributed by atoms with Crippen LogP contribution in [0.15, 0.2) is 18.2 Å². The summed E-state index contributed by atoms with van der Waals surface area (Å²) < 4.78 is 17.6. The minimum absolute atomic E-state index is 0.201. The number of benzene rings is 1. The lowest BCUT2D eigenvalue weighted by atomic mass is 9.75. The van der Waals surface area contributed by atoms with E-state index in [0.717, 1.165) is 16.8 Å². The van der Waals surface area contributed by atoms with Gasteiger partial charge in [-0.05, 0) is 57.8 Å². The van der Waals surface area contributed by atoms with Crippen LogP contribution < -0.4 is 10.2 Å². The summed E-state index contributed by atoms with van der Waals surface area (Å²) in [5.74, 6) is 0.839. The summed E-state index contributed by atoms with van der Waals surface area (Å²) in [4.78, 5) is 0.201. The van der Waals surface area contributed by atoms with Crippen LogP contribution in [0, 0.1) is 0 Å². The van der Waals surface area contributed by atoms with E-state index in [9.17, 15) is 0 Å². The quantitative estimate of drug-likeness (QED) is 0.623. The Hall–Kier alpha value is -0.515. The highest BCUT2D eigenvalue weighted by atomic mass is 79.9. The first-order chi connectivity index (χ1) is 9.18. The second-order valence-corrected chi connectivity index (χ2v) is 7.57. The number of rotatable bonds is 3. The molecular formula is C15H22BBrO3. The molecule has 0 saturated carbocycles. The van der Waals surface area contributed by atoms with E-state index >= 15 is 0 Å². The number of halogens is 1. The van der Waals surface area contributed by atoms with Crippen LogP contribution in [0.4, 0.5) is 0 Å². The molecule has 1 heterocycles. The molecule has 5 heteroatoms. The first kappa shape index (κ1) is 15.9. The Labute approximate surface area is 130 Å². The van der Waals surface area contributed by atoms with Gasteiger partial charge < -0.3 is 14.0 Å². The van der Waals surface area contributed by atoms with Gasteiger partial charge in [0.05, 0.1) is 18.3 Å². The fourth-order valence-corrected chi connectivity index (χ4v) is 2.61. The molecule has 0 aliphatic carbocycles. The maximum absolute atomic E-state index is 6.13. The van der Waals surface area contributed by atoms with Crippen molar-refractivity contribution in [2.75, 3.05) is 7.11 Å². The van der Waals surface area contributed by atoms with Gasteiger partial charge in [-0.3, -0.25) is 0 Å². The average molecular weight is 341 g/mol. The predicted molar refractivity (Wildman–Crippen MR) is 86.1 cm³/mol. The zero-order valence-electron chi connectivity index (χ0n) is 13.0. The number of ether oxygens (including phenoxy) is 1. The lowest BCUT2D eigenvalue weighted by Crippen LogP contribution is -2.41. The van der Waals surface area contributed by atoms with E-state index in [2.05, 4.69) is 50.5 Å². The van der Waals surface area contributed by atoms with Crippen molar-refractivity contribution in [2.45, 2.75) is 50.6 Å². The smallest absolute Gasteiger partial charge is 0.495 e. The third kappa shape index (κ3) is 2.76. The van der Waals surface area contributed by atoms with Crippen molar-refractivity contribution in [1.82, 2.24) is 0 Å². The maximum atomic E-state index is 6.13. The van der Waals surface area contributed by atoms with Crippen LogP contribution in [-0.2, 0) is 9.31 Å². The Morgan fingerprint density at radius 2 is 1.70 bits per heavy atom. The molecule has 20 heavy (non-hydrogen) atoms. The van der Waals surface area contributed by atoms with Crippen molar-refractivity contribution in [3.63, 3.8) is 0 Å². The Morgan fingerprint density at radius 1 is 1.15 bits per heavy atom. The SMILES string of the molecule is COc1ccc(B2OC(C)(C)C(C)(C)O2)c(C(C)Br)c1. The Kier molecular flexibility index (Phi) is 4.25. The van der Waals surface area contributed by atoms with Crippen molar-refractivity contribution in [2.24, 2.45) is 0 Å². The maximum Gasteiger partial charge on any atom is 0.495 e. The fraction of sp³-hybridized carbons (Fsp3) is 0.600. The average Bonchev–Trinajstić information content (AvgIpc) is 2.57. The third-order valence-electron chi connectivity index (χ3n) is 4.23. The van der Waals surface area contributed by atoms with Crippen LogP contribution >= 0.6 is 15.9 Å². The molecule has 1 unspecified atom stereocenters. The first-order valence-electron chi connectivity index (χ1n) is 6.85. The van der Waals surface area contributed by atoms with Gasteiger partial charge >= 0.3 is 7.12 Å². The number of hydrogen-bond acceptors (Lipinski definition) is 3. The molecule has 0 spiro atoms. The van der Waals surface area contributed by atoms with Gasteiger partial charge in [-0.25, -0.2) is 0 Å². The minimum Gasteiger partial charge on any atom is -0.497 e. The van der Waals surface area contributed by atoms with Gasteiger partial charge in [0.25, 0.3) is 0 Å². The normalized spacial score (nSPS) is 21.9. The molecule has 1 aliphatic rings. The molecule has 3 nitrogen and oxygen atoms in total. The Bertz CT molecular complexity index is 484. The minimum atomic E-state index is -0.346. The number of hydrogen-bond donors (Lipinski definition) is 0. The zero-order valence-corrected chi connectivity index (χ0v) is 14.6. The molecule has 1 fully saturated rings. The van der Waals surface area contributed by atoms with Gasteiger partial charge in [-0.15, -0.1) is 0 Å². The van der Waals surface area contributed by atoms with Gasteiger partial charge in [-0.1, -0.05) is 22.0 Å². The molecule has 0 bridgehead atoms. The van der Waals surface area contributed by atoms with Crippen molar-refractivity contribution in [1.29, 1.82) is 0 Å². The van der Waals surface area contributed by atoms with Crippen molar-refractivity contribution in [3.05, 3.63) is 23.8 Å². The van der Waals surface area contributed by atoms with Gasteiger partial charge in [0.15, 0.2) is 0 Å². The van der Waals surface area contributed by atoms with Gasteiger partial charge in [-0.2, -0.15) is 0 Å². The highest BCUT2D eigenvalue weighted by molar-refractivity contribution is 9.09. The third-order valence-corrected chi connectivity index (χ3v) is 4.72. The molecule has 1 saturated heterocycles. The molecule has 1 aromatic rings. The molecule has 0 N–H and O–H groups in total. The monoisotopic (exact) mass is 340 g/mol. The summed E-state index contributed by atoms with van der Waals surface area (Å²) in [6.07, 6.45) is 0. The van der Waals surface area contributed by atoms with Gasteiger partial charge in [0.1, 0.15) is 5.75 Å². The van der Waals surface area contributed by atoms with Crippen molar-refractivity contribution >= 4 is 28.5 Å². The molecular weight excluding hydrogens is 319 g/mol. The highest BCUT2D eigenvalue weighted by Crippen LogP contribution is 2.37. The van der Waals surface area contributed by atoms with Crippen molar-refractivity contribution < 1.29 is 14.0 Å². The number of alkyl halides is 1. The summed E-state index contributed by atoms with van der Waals surface area (Å²) in [6.45, 7) is 10.3. The summed E-state index contributed by atoms with van der Waals surface area (Å²) in [5.41, 5.74) is 1.52. The molecule has 1 aromatic carbocycles. The largest absolute Gasteiger partial charge is 0.497 e. The number of methoxy groups -OCH3 is 1. The van der Waals surface area contributed by atoms with Crippen LogP contribution in [-0.4, -0.2) is 25.4 Å². The van der Waals surface area contributed by atoms with E-state index in [1.54, 1.807) is 7.11 Å². The molecule has 0 aromatic heterocycles. The van der Waals surface area contributed by atoms with Gasteiger partial charge in [0.2, 0.25) is 0 Å². The Morgan fingerprint density at radius 3 is 2.15 bits per heavy atom. The van der Waals surface area contributed by atoms with E-state index in [1.165, 1.54) is 0 Å². The Balaban J connectivity index is 2.39.